The van der Waals surface area contributed by atoms with Gasteiger partial charge in [-0.3, -0.25) is 14.6 Å². The molecule has 1 amide bonds. The number of hydrogen-bond donors (Lipinski definition) is 1. The summed E-state index contributed by atoms with van der Waals surface area (Å²) in [6.45, 7) is 8.53. The van der Waals surface area contributed by atoms with Crippen LogP contribution < -0.4 is 5.32 Å². The average molecular weight is 416 g/mol. The number of amides is 1. The van der Waals surface area contributed by atoms with Crippen molar-refractivity contribution < 1.29 is 4.79 Å². The molecule has 1 unspecified atom stereocenters. The van der Waals surface area contributed by atoms with Crippen molar-refractivity contribution in [3.63, 3.8) is 0 Å². The van der Waals surface area contributed by atoms with E-state index in [1.807, 2.05) is 0 Å². The molecule has 0 spiro atoms. The highest BCUT2D eigenvalue weighted by atomic mass is 32.1. The Morgan fingerprint density at radius 3 is 2.83 bits per heavy atom. The third-order valence-electron chi connectivity index (χ3n) is 6.65. The van der Waals surface area contributed by atoms with Crippen LogP contribution in [0.3, 0.4) is 0 Å². The number of nitrogens with zero attached hydrogens (tertiary/aromatic N) is 4. The average Bonchev–Trinajstić information content (AvgIpc) is 3.40. The maximum absolute atomic E-state index is 12.3. The van der Waals surface area contributed by atoms with Gasteiger partial charge >= 0.3 is 0 Å². The Morgan fingerprint density at radius 1 is 1.17 bits per heavy atom. The molecule has 0 saturated carbocycles. The summed E-state index contributed by atoms with van der Waals surface area (Å²) in [5.74, 6) is 0.918. The van der Waals surface area contributed by atoms with Crippen LogP contribution in [0.2, 0.25) is 0 Å². The van der Waals surface area contributed by atoms with Crippen LogP contribution >= 0.6 is 11.7 Å². The molecule has 2 aliphatic heterocycles. The number of benzene rings is 1. The Kier molecular flexibility index (Phi) is 7.11. The fourth-order valence-corrected chi connectivity index (χ4v) is 5.33. The Balaban J connectivity index is 1.14. The van der Waals surface area contributed by atoms with Crippen LogP contribution in [-0.2, 0) is 11.3 Å². The zero-order valence-electron chi connectivity index (χ0n) is 17.5. The summed E-state index contributed by atoms with van der Waals surface area (Å²) < 4.78 is 8.62. The molecule has 0 bridgehead atoms. The molecule has 2 fully saturated rings. The lowest BCUT2D eigenvalue weighted by Gasteiger charge is -2.32. The van der Waals surface area contributed by atoms with Crippen molar-refractivity contribution in [2.45, 2.75) is 58.0 Å². The van der Waals surface area contributed by atoms with Crippen LogP contribution in [0.15, 0.2) is 18.2 Å². The summed E-state index contributed by atoms with van der Waals surface area (Å²) in [6, 6.07) is 6.96. The number of carbonyl (C=O) groups excluding carboxylic acids is 1. The second-order valence-electron chi connectivity index (χ2n) is 8.57. The topological polar surface area (TPSA) is 61.4 Å². The van der Waals surface area contributed by atoms with E-state index in [0.29, 0.717) is 18.4 Å². The van der Waals surface area contributed by atoms with Crippen molar-refractivity contribution in [2.75, 3.05) is 32.7 Å². The molecular formula is C22H33N5OS. The summed E-state index contributed by atoms with van der Waals surface area (Å²) in [4.78, 5) is 17.3. The van der Waals surface area contributed by atoms with Crippen LogP contribution in [0.1, 0.15) is 51.0 Å². The fourth-order valence-electron chi connectivity index (χ4n) is 4.82. The predicted octanol–water partition coefficient (Wildman–Crippen LogP) is 3.28. The molecule has 0 radical (unpaired) electrons. The summed E-state index contributed by atoms with van der Waals surface area (Å²) in [5.41, 5.74) is 3.31. The smallest absolute Gasteiger partial charge is 0.220 e. The van der Waals surface area contributed by atoms with Gasteiger partial charge in [0, 0.05) is 25.6 Å². The normalized spacial score (nSPS) is 21.8. The third kappa shape index (κ3) is 5.53. The summed E-state index contributed by atoms with van der Waals surface area (Å²) in [5, 5.41) is 3.18. The molecule has 158 valence electrons. The quantitative estimate of drug-likeness (QED) is 0.717. The van der Waals surface area contributed by atoms with Gasteiger partial charge in [-0.15, -0.1) is 0 Å². The Hall–Kier alpha value is -1.57. The highest BCUT2D eigenvalue weighted by molar-refractivity contribution is 7.00. The molecule has 29 heavy (non-hydrogen) atoms. The number of likely N-dealkylation sites (N-methyl/N-ethyl adjacent to an activating group) is 1. The van der Waals surface area contributed by atoms with Crippen molar-refractivity contribution in [3.8, 4) is 0 Å². The van der Waals surface area contributed by atoms with Gasteiger partial charge in [-0.05, 0) is 81.9 Å². The van der Waals surface area contributed by atoms with Gasteiger partial charge in [-0.2, -0.15) is 8.75 Å². The molecule has 7 heteroatoms. The van der Waals surface area contributed by atoms with Crippen LogP contribution in [0.25, 0.3) is 11.0 Å². The second kappa shape index (κ2) is 9.96. The van der Waals surface area contributed by atoms with E-state index < -0.39 is 0 Å². The molecule has 1 atom stereocenters. The molecule has 1 aromatic heterocycles. The maximum Gasteiger partial charge on any atom is 0.220 e. The molecule has 4 rings (SSSR count). The van der Waals surface area contributed by atoms with Crippen molar-refractivity contribution in [1.82, 2.24) is 23.9 Å². The van der Waals surface area contributed by atoms with E-state index in [1.54, 1.807) is 0 Å². The van der Waals surface area contributed by atoms with E-state index in [1.165, 1.54) is 49.5 Å². The summed E-state index contributed by atoms with van der Waals surface area (Å²) in [6.07, 6.45) is 6.58. The number of rotatable bonds is 8. The molecule has 2 aliphatic rings. The molecule has 2 aromatic rings. The number of nitrogens with one attached hydrogen (secondary N) is 1. The number of aromatic nitrogens is 2. The predicted molar refractivity (Wildman–Crippen MR) is 118 cm³/mol. The van der Waals surface area contributed by atoms with E-state index in [2.05, 4.69) is 49.0 Å². The molecular weight excluding hydrogens is 382 g/mol. The number of piperidine rings is 1. The van der Waals surface area contributed by atoms with Gasteiger partial charge in [0.25, 0.3) is 0 Å². The zero-order chi connectivity index (χ0) is 20.1. The first-order valence-corrected chi connectivity index (χ1v) is 11.9. The standard InChI is InChI=1S/C22H33N5OS/c1-2-27-11-3-4-19(27)15-23-22(28)8-6-17-9-12-26(13-10-17)16-18-5-7-20-21(14-18)25-29-24-20/h5,7,14,17,19H,2-4,6,8-13,15-16H2,1H3,(H,23,28). The summed E-state index contributed by atoms with van der Waals surface area (Å²) in [7, 11) is 0. The van der Waals surface area contributed by atoms with Gasteiger partial charge in [0.15, 0.2) is 0 Å². The van der Waals surface area contributed by atoms with Crippen LogP contribution in [0.5, 0.6) is 0 Å². The third-order valence-corrected chi connectivity index (χ3v) is 7.21. The number of hydrogen-bond acceptors (Lipinski definition) is 6. The van der Waals surface area contributed by atoms with Gasteiger partial charge in [0.05, 0.1) is 11.7 Å². The van der Waals surface area contributed by atoms with E-state index in [0.717, 1.165) is 50.2 Å². The van der Waals surface area contributed by atoms with E-state index in [4.69, 9.17) is 0 Å². The molecule has 1 aromatic carbocycles. The van der Waals surface area contributed by atoms with Crippen LogP contribution in [0.4, 0.5) is 0 Å². The first-order valence-electron chi connectivity index (χ1n) is 11.2. The van der Waals surface area contributed by atoms with Gasteiger partial charge in [0.2, 0.25) is 5.91 Å². The minimum absolute atomic E-state index is 0.237. The highest BCUT2D eigenvalue weighted by Gasteiger charge is 2.24. The minimum Gasteiger partial charge on any atom is -0.355 e. The summed E-state index contributed by atoms with van der Waals surface area (Å²) >= 11 is 1.28. The van der Waals surface area contributed by atoms with Gasteiger partial charge in [-0.1, -0.05) is 13.0 Å². The van der Waals surface area contributed by atoms with Gasteiger partial charge in [0.1, 0.15) is 11.0 Å². The number of fused-ring (bicyclic) bond motifs is 1. The van der Waals surface area contributed by atoms with Crippen molar-refractivity contribution in [1.29, 1.82) is 0 Å². The fraction of sp³-hybridized carbons (Fsp3) is 0.682. The van der Waals surface area contributed by atoms with Crippen LogP contribution in [-0.4, -0.2) is 63.2 Å². The first-order chi connectivity index (χ1) is 14.2. The monoisotopic (exact) mass is 415 g/mol. The maximum atomic E-state index is 12.3. The highest BCUT2D eigenvalue weighted by Crippen LogP contribution is 2.24. The number of likely N-dealkylation sites (tertiary alicyclic amines) is 2. The van der Waals surface area contributed by atoms with Crippen molar-refractivity contribution in [3.05, 3.63) is 23.8 Å². The Bertz CT molecular complexity index is 801. The lowest BCUT2D eigenvalue weighted by Crippen LogP contribution is -2.40. The Morgan fingerprint density at radius 2 is 2.00 bits per heavy atom. The molecule has 1 N–H and O–H groups in total. The minimum atomic E-state index is 0.237. The van der Waals surface area contributed by atoms with E-state index >= 15 is 0 Å². The molecule has 3 heterocycles. The second-order valence-corrected chi connectivity index (χ2v) is 9.10. The first kappa shape index (κ1) is 20.7. The Labute approximate surface area is 178 Å². The van der Waals surface area contributed by atoms with E-state index in [9.17, 15) is 4.79 Å². The molecule has 0 aliphatic carbocycles. The largest absolute Gasteiger partial charge is 0.355 e. The zero-order valence-corrected chi connectivity index (χ0v) is 18.3. The van der Waals surface area contributed by atoms with E-state index in [-0.39, 0.29) is 5.91 Å². The SMILES string of the molecule is CCN1CCCC1CNC(=O)CCC1CCN(Cc2ccc3nsnc3c2)CC1. The van der Waals surface area contributed by atoms with Gasteiger partial charge < -0.3 is 5.32 Å². The molecule has 2 saturated heterocycles. The lowest BCUT2D eigenvalue weighted by molar-refractivity contribution is -0.121. The van der Waals surface area contributed by atoms with Crippen molar-refractivity contribution in [2.24, 2.45) is 5.92 Å². The lowest BCUT2D eigenvalue weighted by atomic mass is 9.92. The van der Waals surface area contributed by atoms with Crippen molar-refractivity contribution >= 4 is 28.7 Å². The number of carbonyl (C=O) groups is 1. The molecule has 6 nitrogen and oxygen atoms in total. The van der Waals surface area contributed by atoms with Crippen LogP contribution in [0, 0.1) is 5.92 Å². The van der Waals surface area contributed by atoms with Gasteiger partial charge in [-0.25, -0.2) is 0 Å².